The molecular formula is C32H43N. The zero-order valence-corrected chi connectivity index (χ0v) is 21.0. The van der Waals surface area contributed by atoms with Gasteiger partial charge in [0.2, 0.25) is 0 Å². The molecule has 0 unspecified atom stereocenters. The molecule has 0 aliphatic rings. The van der Waals surface area contributed by atoms with Crippen LogP contribution in [0.25, 0.3) is 11.3 Å². The lowest BCUT2D eigenvalue weighted by molar-refractivity contribution is 0.632. The van der Waals surface area contributed by atoms with Crippen LogP contribution in [-0.4, -0.2) is 4.98 Å². The van der Waals surface area contributed by atoms with Gasteiger partial charge in [-0.05, 0) is 66.8 Å². The molecule has 3 aromatic rings. The van der Waals surface area contributed by atoms with Crippen molar-refractivity contribution in [3.8, 4) is 11.3 Å². The van der Waals surface area contributed by atoms with Crippen LogP contribution in [0.2, 0.25) is 0 Å². The maximum Gasteiger partial charge on any atom is 0.0702 e. The fraction of sp³-hybridized carbons (Fsp3) is 0.469. The van der Waals surface area contributed by atoms with Crippen molar-refractivity contribution in [2.24, 2.45) is 0 Å². The van der Waals surface area contributed by atoms with Crippen molar-refractivity contribution in [3.63, 3.8) is 0 Å². The topological polar surface area (TPSA) is 12.9 Å². The number of benzene rings is 2. The van der Waals surface area contributed by atoms with Crippen molar-refractivity contribution < 1.29 is 0 Å². The molecule has 0 aliphatic carbocycles. The average molecular weight is 442 g/mol. The van der Waals surface area contributed by atoms with Crippen LogP contribution < -0.4 is 0 Å². The van der Waals surface area contributed by atoms with Gasteiger partial charge in [0.25, 0.3) is 0 Å². The normalized spacial score (nSPS) is 11.1. The molecule has 3 rings (SSSR count). The van der Waals surface area contributed by atoms with Crippen LogP contribution in [0.1, 0.15) is 93.9 Å². The number of aryl methyl sites for hydroxylation is 4. The van der Waals surface area contributed by atoms with Crippen molar-refractivity contribution in [1.29, 1.82) is 0 Å². The second-order valence-electron chi connectivity index (χ2n) is 9.54. The van der Waals surface area contributed by atoms with Gasteiger partial charge in [-0.3, -0.25) is 4.98 Å². The molecule has 1 nitrogen and oxygen atoms in total. The second-order valence-corrected chi connectivity index (χ2v) is 9.54. The molecule has 0 bridgehead atoms. The molecule has 0 aliphatic heterocycles. The Kier molecular flexibility index (Phi) is 11.2. The fourth-order valence-corrected chi connectivity index (χ4v) is 4.44. The summed E-state index contributed by atoms with van der Waals surface area (Å²) < 4.78 is 0. The highest BCUT2D eigenvalue weighted by Crippen LogP contribution is 2.20. The summed E-state index contributed by atoms with van der Waals surface area (Å²) in [6.45, 7) is 4.54. The van der Waals surface area contributed by atoms with E-state index in [-0.39, 0.29) is 0 Å². The number of nitrogens with zero attached hydrogens (tertiary/aromatic N) is 1. The minimum atomic E-state index is 1.07. The lowest BCUT2D eigenvalue weighted by atomic mass is 10.00. The van der Waals surface area contributed by atoms with Crippen molar-refractivity contribution in [1.82, 2.24) is 4.98 Å². The smallest absolute Gasteiger partial charge is 0.0702 e. The summed E-state index contributed by atoms with van der Waals surface area (Å²) in [5.41, 5.74) is 7.95. The van der Waals surface area contributed by atoms with E-state index in [1.165, 1.54) is 92.0 Å². The van der Waals surface area contributed by atoms with Gasteiger partial charge in [0.15, 0.2) is 0 Å². The van der Waals surface area contributed by atoms with Gasteiger partial charge in [-0.1, -0.05) is 113 Å². The first-order valence-electron chi connectivity index (χ1n) is 13.4. The number of rotatable bonds is 15. The van der Waals surface area contributed by atoms with Crippen LogP contribution in [0.15, 0.2) is 66.9 Å². The molecule has 1 aromatic heterocycles. The van der Waals surface area contributed by atoms with Crippen molar-refractivity contribution in [2.45, 2.75) is 97.3 Å². The van der Waals surface area contributed by atoms with Gasteiger partial charge in [-0.25, -0.2) is 0 Å². The predicted molar refractivity (Wildman–Crippen MR) is 144 cm³/mol. The Morgan fingerprint density at radius 2 is 0.909 bits per heavy atom. The van der Waals surface area contributed by atoms with E-state index < -0.39 is 0 Å². The SMILES string of the molecule is CCCCCCCc1ccc(-c2ccc(CCc3ccc(CCCCCC)cc3)cc2)nc1. The number of unbranched alkanes of at least 4 members (excludes halogenated alkanes) is 7. The number of hydrogen-bond acceptors (Lipinski definition) is 1. The van der Waals surface area contributed by atoms with Gasteiger partial charge >= 0.3 is 0 Å². The van der Waals surface area contributed by atoms with Gasteiger partial charge in [-0.15, -0.1) is 0 Å². The average Bonchev–Trinajstić information content (AvgIpc) is 2.87. The largest absolute Gasteiger partial charge is 0.256 e. The first-order chi connectivity index (χ1) is 16.3. The molecule has 0 radical (unpaired) electrons. The Morgan fingerprint density at radius 1 is 0.455 bits per heavy atom. The third-order valence-electron chi connectivity index (χ3n) is 6.69. The van der Waals surface area contributed by atoms with Crippen LogP contribution in [0, 0.1) is 0 Å². The summed E-state index contributed by atoms with van der Waals surface area (Å²) >= 11 is 0. The maximum atomic E-state index is 4.73. The van der Waals surface area contributed by atoms with Gasteiger partial charge in [0.05, 0.1) is 5.69 Å². The first-order valence-corrected chi connectivity index (χ1v) is 13.4. The zero-order chi connectivity index (χ0) is 23.1. The summed E-state index contributed by atoms with van der Waals surface area (Å²) in [4.78, 5) is 4.73. The number of hydrogen-bond donors (Lipinski definition) is 0. The number of pyridine rings is 1. The molecule has 0 saturated heterocycles. The minimum Gasteiger partial charge on any atom is -0.256 e. The Balaban J connectivity index is 1.43. The molecule has 1 heteroatoms. The van der Waals surface area contributed by atoms with E-state index in [1.54, 1.807) is 0 Å². The van der Waals surface area contributed by atoms with E-state index >= 15 is 0 Å². The van der Waals surface area contributed by atoms with Crippen LogP contribution in [0.5, 0.6) is 0 Å². The lowest BCUT2D eigenvalue weighted by Gasteiger charge is -2.07. The van der Waals surface area contributed by atoms with E-state index in [9.17, 15) is 0 Å². The molecule has 1 heterocycles. The molecule has 0 fully saturated rings. The van der Waals surface area contributed by atoms with E-state index in [0.29, 0.717) is 0 Å². The first kappa shape index (κ1) is 25.2. The lowest BCUT2D eigenvalue weighted by Crippen LogP contribution is -1.93. The van der Waals surface area contributed by atoms with E-state index in [0.717, 1.165) is 25.0 Å². The summed E-state index contributed by atoms with van der Waals surface area (Å²) in [6, 6.07) is 22.7. The summed E-state index contributed by atoms with van der Waals surface area (Å²) in [5, 5.41) is 0. The van der Waals surface area contributed by atoms with Gasteiger partial charge < -0.3 is 0 Å². The van der Waals surface area contributed by atoms with Gasteiger partial charge in [0, 0.05) is 11.8 Å². The molecule has 0 atom stereocenters. The highest BCUT2D eigenvalue weighted by molar-refractivity contribution is 5.59. The van der Waals surface area contributed by atoms with Crippen molar-refractivity contribution in [2.75, 3.05) is 0 Å². The molecule has 33 heavy (non-hydrogen) atoms. The fourth-order valence-electron chi connectivity index (χ4n) is 4.44. The summed E-state index contributed by atoms with van der Waals surface area (Å²) in [7, 11) is 0. The Hall–Kier alpha value is -2.41. The standard InChI is InChI=1S/C32H43N/c1-3-5-7-9-11-13-30-22-25-32(33-26-30)31-23-20-29(21-24-31)19-18-28-16-14-27(15-17-28)12-10-8-6-4-2/h14-17,20-26H,3-13,18-19H2,1-2H3. The predicted octanol–water partition coefficient (Wildman–Crippen LogP) is 9.17. The summed E-state index contributed by atoms with van der Waals surface area (Å²) in [6.07, 6.45) is 18.6. The monoisotopic (exact) mass is 441 g/mol. The molecule has 176 valence electrons. The molecule has 0 amide bonds. The highest BCUT2D eigenvalue weighted by Gasteiger charge is 2.02. The third-order valence-corrected chi connectivity index (χ3v) is 6.69. The molecular weight excluding hydrogens is 398 g/mol. The van der Waals surface area contributed by atoms with Gasteiger partial charge in [0.1, 0.15) is 0 Å². The number of aromatic nitrogens is 1. The Labute approximate surface area is 202 Å². The van der Waals surface area contributed by atoms with E-state index in [2.05, 4.69) is 80.7 Å². The second kappa shape index (κ2) is 14.7. The zero-order valence-electron chi connectivity index (χ0n) is 21.0. The Morgan fingerprint density at radius 3 is 1.45 bits per heavy atom. The third kappa shape index (κ3) is 9.16. The van der Waals surface area contributed by atoms with E-state index in [1.807, 2.05) is 0 Å². The maximum absolute atomic E-state index is 4.73. The molecule has 2 aromatic carbocycles. The van der Waals surface area contributed by atoms with Crippen LogP contribution >= 0.6 is 0 Å². The van der Waals surface area contributed by atoms with Crippen LogP contribution in [0.3, 0.4) is 0 Å². The molecule has 0 saturated carbocycles. The van der Waals surface area contributed by atoms with Crippen molar-refractivity contribution in [3.05, 3.63) is 89.1 Å². The summed E-state index contributed by atoms with van der Waals surface area (Å²) in [5.74, 6) is 0. The molecule has 0 spiro atoms. The highest BCUT2D eigenvalue weighted by atomic mass is 14.7. The van der Waals surface area contributed by atoms with Crippen LogP contribution in [0.4, 0.5) is 0 Å². The molecule has 0 N–H and O–H groups in total. The van der Waals surface area contributed by atoms with Crippen LogP contribution in [-0.2, 0) is 25.7 Å². The van der Waals surface area contributed by atoms with E-state index in [4.69, 9.17) is 4.98 Å². The van der Waals surface area contributed by atoms with Crippen molar-refractivity contribution >= 4 is 0 Å². The van der Waals surface area contributed by atoms with Gasteiger partial charge in [-0.2, -0.15) is 0 Å². The quantitative estimate of drug-likeness (QED) is 0.214. The Bertz CT molecular complexity index is 891. The minimum absolute atomic E-state index is 1.07.